The van der Waals surface area contributed by atoms with Gasteiger partial charge in [0.05, 0.1) is 18.4 Å². The van der Waals surface area contributed by atoms with Gasteiger partial charge in [-0.25, -0.2) is 4.79 Å². The fourth-order valence-corrected chi connectivity index (χ4v) is 6.35. The molecular formula is C27H36N2O4S2. The van der Waals surface area contributed by atoms with Crippen LogP contribution in [-0.2, 0) is 27.2 Å². The van der Waals surface area contributed by atoms with Crippen molar-refractivity contribution in [3.05, 3.63) is 40.3 Å². The van der Waals surface area contributed by atoms with Crippen molar-refractivity contribution >= 4 is 51.6 Å². The summed E-state index contributed by atoms with van der Waals surface area (Å²) in [6, 6.07) is 7.50. The molecule has 1 heterocycles. The van der Waals surface area contributed by atoms with E-state index in [9.17, 15) is 14.4 Å². The standard InChI is InChI=1S/C27H36N2O4S2/c1-6-7-11-22(30)28-18-9-8-10-19(15-18)34-16-23(31)29-25-24(26(32)33-5)20-13-12-17(27(2,3)4)14-21(20)35-25/h8-10,15,17H,6-7,11-14,16H2,1-5H3,(H,28,30)(H,29,31). The zero-order chi connectivity index (χ0) is 25.6. The number of thiophene rings is 1. The number of unbranched alkanes of at least 4 members (excludes halogenated alkanes) is 1. The van der Waals surface area contributed by atoms with Crippen molar-refractivity contribution in [1.82, 2.24) is 0 Å². The second kappa shape index (κ2) is 12.1. The molecule has 190 valence electrons. The number of hydrogen-bond donors (Lipinski definition) is 2. The number of fused-ring (bicyclic) bond motifs is 1. The first-order valence-electron chi connectivity index (χ1n) is 12.2. The Morgan fingerprint density at radius 3 is 2.63 bits per heavy atom. The van der Waals surface area contributed by atoms with Crippen molar-refractivity contribution in [2.45, 2.75) is 71.1 Å². The quantitative estimate of drug-likeness (QED) is 0.292. The largest absolute Gasteiger partial charge is 0.465 e. The molecule has 1 aliphatic rings. The van der Waals surface area contributed by atoms with E-state index < -0.39 is 5.97 Å². The summed E-state index contributed by atoms with van der Waals surface area (Å²) in [7, 11) is 1.38. The van der Waals surface area contributed by atoms with E-state index in [4.69, 9.17) is 4.74 Å². The highest BCUT2D eigenvalue weighted by atomic mass is 32.2. The lowest BCUT2D eigenvalue weighted by Gasteiger charge is -2.33. The number of anilines is 2. The Balaban J connectivity index is 1.66. The third-order valence-corrected chi connectivity index (χ3v) is 8.54. The van der Waals surface area contributed by atoms with Crippen LogP contribution in [0.25, 0.3) is 0 Å². The summed E-state index contributed by atoms with van der Waals surface area (Å²) < 4.78 is 5.05. The third-order valence-electron chi connectivity index (χ3n) is 6.38. The monoisotopic (exact) mass is 516 g/mol. The normalized spacial score (nSPS) is 15.3. The van der Waals surface area contributed by atoms with Crippen LogP contribution in [0.15, 0.2) is 29.2 Å². The molecule has 1 aromatic heterocycles. The van der Waals surface area contributed by atoms with Gasteiger partial charge in [0, 0.05) is 21.9 Å². The second-order valence-corrected chi connectivity index (χ2v) is 12.2. The summed E-state index contributed by atoms with van der Waals surface area (Å²) >= 11 is 2.89. The average molecular weight is 517 g/mol. The van der Waals surface area contributed by atoms with Crippen LogP contribution in [0, 0.1) is 11.3 Å². The lowest BCUT2D eigenvalue weighted by atomic mass is 9.72. The number of thioether (sulfide) groups is 1. The predicted octanol–water partition coefficient (Wildman–Crippen LogP) is 6.55. The summed E-state index contributed by atoms with van der Waals surface area (Å²) in [6.45, 7) is 8.81. The Labute approximate surface area is 216 Å². The highest BCUT2D eigenvalue weighted by Crippen LogP contribution is 2.44. The molecule has 2 aromatic rings. The van der Waals surface area contributed by atoms with Gasteiger partial charge in [0.1, 0.15) is 5.00 Å². The Morgan fingerprint density at radius 2 is 1.94 bits per heavy atom. The van der Waals surface area contributed by atoms with Gasteiger partial charge in [-0.2, -0.15) is 0 Å². The fraction of sp³-hybridized carbons (Fsp3) is 0.519. The van der Waals surface area contributed by atoms with Gasteiger partial charge in [-0.1, -0.05) is 40.2 Å². The van der Waals surface area contributed by atoms with Gasteiger partial charge in [-0.15, -0.1) is 23.1 Å². The lowest BCUT2D eigenvalue weighted by molar-refractivity contribution is -0.116. The first-order valence-corrected chi connectivity index (χ1v) is 14.0. The SMILES string of the molecule is CCCCC(=O)Nc1cccc(SCC(=O)Nc2sc3c(c2C(=O)OC)CCC(C(C)(C)C)C3)c1. The molecule has 6 nitrogen and oxygen atoms in total. The molecule has 35 heavy (non-hydrogen) atoms. The number of methoxy groups -OCH3 is 1. The van der Waals surface area contributed by atoms with Crippen LogP contribution in [0.2, 0.25) is 0 Å². The molecule has 1 aliphatic carbocycles. The highest BCUT2D eigenvalue weighted by Gasteiger charge is 2.34. The third kappa shape index (κ3) is 7.34. The summed E-state index contributed by atoms with van der Waals surface area (Å²) in [5.41, 5.74) is 2.45. The molecule has 0 aliphatic heterocycles. The highest BCUT2D eigenvalue weighted by molar-refractivity contribution is 8.00. The van der Waals surface area contributed by atoms with Gasteiger partial charge in [0.2, 0.25) is 11.8 Å². The number of hydrogen-bond acceptors (Lipinski definition) is 6. The van der Waals surface area contributed by atoms with Crippen molar-refractivity contribution in [3.8, 4) is 0 Å². The molecule has 8 heteroatoms. The maximum Gasteiger partial charge on any atom is 0.341 e. The maximum absolute atomic E-state index is 12.8. The molecule has 3 rings (SSSR count). The number of rotatable bonds is 9. The molecule has 2 N–H and O–H groups in total. The number of benzene rings is 1. The molecule has 2 amide bonds. The minimum Gasteiger partial charge on any atom is -0.465 e. The average Bonchev–Trinajstić information content (AvgIpc) is 3.17. The maximum atomic E-state index is 12.8. The van der Waals surface area contributed by atoms with Crippen molar-refractivity contribution in [1.29, 1.82) is 0 Å². The van der Waals surface area contributed by atoms with Gasteiger partial charge in [0.25, 0.3) is 0 Å². The van der Waals surface area contributed by atoms with E-state index >= 15 is 0 Å². The van der Waals surface area contributed by atoms with Crippen LogP contribution in [-0.4, -0.2) is 30.6 Å². The smallest absolute Gasteiger partial charge is 0.341 e. The van der Waals surface area contributed by atoms with E-state index in [1.807, 2.05) is 24.3 Å². The Bertz CT molecular complexity index is 1070. The van der Waals surface area contributed by atoms with E-state index in [-0.39, 0.29) is 23.0 Å². The van der Waals surface area contributed by atoms with Crippen molar-refractivity contribution < 1.29 is 19.1 Å². The van der Waals surface area contributed by atoms with Crippen LogP contribution in [0.5, 0.6) is 0 Å². The van der Waals surface area contributed by atoms with E-state index in [1.54, 1.807) is 0 Å². The summed E-state index contributed by atoms with van der Waals surface area (Å²) in [5, 5.41) is 6.46. The van der Waals surface area contributed by atoms with Crippen molar-refractivity contribution in [2.75, 3.05) is 23.5 Å². The summed E-state index contributed by atoms with van der Waals surface area (Å²) in [5.74, 6) is 0.154. The molecular weight excluding hydrogens is 480 g/mol. The summed E-state index contributed by atoms with van der Waals surface area (Å²) in [6.07, 6.45) is 5.08. The fourth-order valence-electron chi connectivity index (χ4n) is 4.27. The first kappa shape index (κ1) is 27.3. The number of nitrogens with one attached hydrogen (secondary N) is 2. The molecule has 0 bridgehead atoms. The van der Waals surface area contributed by atoms with Gasteiger partial charge in [-0.05, 0) is 60.8 Å². The van der Waals surface area contributed by atoms with Gasteiger partial charge in [0.15, 0.2) is 0 Å². The molecule has 0 saturated carbocycles. The molecule has 1 unspecified atom stereocenters. The zero-order valence-corrected chi connectivity index (χ0v) is 22.9. The molecule has 0 saturated heterocycles. The molecule has 0 spiro atoms. The minimum absolute atomic E-state index is 0.00237. The van der Waals surface area contributed by atoms with Crippen LogP contribution >= 0.6 is 23.1 Å². The number of carbonyl (C=O) groups is 3. The van der Waals surface area contributed by atoms with Crippen LogP contribution in [0.4, 0.5) is 10.7 Å². The second-order valence-electron chi connectivity index (χ2n) is 10.0. The molecule has 1 aromatic carbocycles. The molecule has 1 atom stereocenters. The Hall–Kier alpha value is -2.32. The lowest BCUT2D eigenvalue weighted by Crippen LogP contribution is -2.26. The van der Waals surface area contributed by atoms with Crippen LogP contribution < -0.4 is 10.6 Å². The van der Waals surface area contributed by atoms with Gasteiger partial charge in [-0.3, -0.25) is 9.59 Å². The van der Waals surface area contributed by atoms with Crippen molar-refractivity contribution in [2.24, 2.45) is 11.3 Å². The van der Waals surface area contributed by atoms with E-state index in [2.05, 4.69) is 38.3 Å². The topological polar surface area (TPSA) is 84.5 Å². The summed E-state index contributed by atoms with van der Waals surface area (Å²) in [4.78, 5) is 39.5. The minimum atomic E-state index is -0.397. The molecule has 0 fully saturated rings. The van der Waals surface area contributed by atoms with Crippen molar-refractivity contribution in [3.63, 3.8) is 0 Å². The number of carbonyl (C=O) groups excluding carboxylic acids is 3. The van der Waals surface area contributed by atoms with Crippen LogP contribution in [0.3, 0.4) is 0 Å². The van der Waals surface area contributed by atoms with Crippen LogP contribution in [0.1, 0.15) is 74.2 Å². The first-order chi connectivity index (χ1) is 16.6. The van der Waals surface area contributed by atoms with E-state index in [0.29, 0.717) is 22.9 Å². The number of amides is 2. The van der Waals surface area contributed by atoms with E-state index in [0.717, 1.165) is 48.3 Å². The predicted molar refractivity (Wildman–Crippen MR) is 145 cm³/mol. The van der Waals surface area contributed by atoms with Gasteiger partial charge >= 0.3 is 5.97 Å². The van der Waals surface area contributed by atoms with Gasteiger partial charge < -0.3 is 15.4 Å². The number of ether oxygens (including phenoxy) is 1. The zero-order valence-electron chi connectivity index (χ0n) is 21.3. The van der Waals surface area contributed by atoms with E-state index in [1.165, 1.54) is 35.1 Å². The molecule has 0 radical (unpaired) electrons. The number of esters is 1. The Morgan fingerprint density at radius 1 is 1.17 bits per heavy atom. The Kier molecular flexibility index (Phi) is 9.41.